The molecule has 1 aromatic rings. The zero-order valence-corrected chi connectivity index (χ0v) is 18.0. The number of rotatable bonds is 7. The molecule has 0 amide bonds. The molecule has 0 saturated carbocycles. The van der Waals surface area contributed by atoms with Crippen molar-refractivity contribution in [2.75, 3.05) is 19.7 Å². The third-order valence-corrected chi connectivity index (χ3v) is 4.99. The summed E-state index contributed by atoms with van der Waals surface area (Å²) in [5, 5.41) is 19.0. The number of hydrogen-bond acceptors (Lipinski definition) is 8. The highest BCUT2D eigenvalue weighted by Gasteiger charge is 2.38. The van der Waals surface area contributed by atoms with E-state index in [2.05, 4.69) is 15.6 Å². The lowest BCUT2D eigenvalue weighted by molar-refractivity contribution is -0.192. The van der Waals surface area contributed by atoms with Crippen molar-refractivity contribution in [3.8, 4) is 0 Å². The van der Waals surface area contributed by atoms with Gasteiger partial charge in [-0.25, -0.2) is 4.79 Å². The Morgan fingerprint density at radius 2 is 2.10 bits per heavy atom. The van der Waals surface area contributed by atoms with E-state index < -0.39 is 12.1 Å². The van der Waals surface area contributed by atoms with Crippen LogP contribution in [0.5, 0.6) is 0 Å². The average molecular weight is 466 g/mol. The molecule has 31 heavy (non-hydrogen) atoms. The van der Waals surface area contributed by atoms with Gasteiger partial charge in [-0.2, -0.15) is 13.2 Å². The normalized spacial score (nSPS) is 17.6. The van der Waals surface area contributed by atoms with E-state index in [-0.39, 0.29) is 16.3 Å². The van der Waals surface area contributed by atoms with E-state index in [9.17, 15) is 22.8 Å². The van der Waals surface area contributed by atoms with Crippen LogP contribution in [0.15, 0.2) is 11.8 Å². The summed E-state index contributed by atoms with van der Waals surface area (Å²) in [6.45, 7) is 6.12. The van der Waals surface area contributed by atoms with Crippen molar-refractivity contribution >= 4 is 34.9 Å². The van der Waals surface area contributed by atoms with Gasteiger partial charge in [0, 0.05) is 31.7 Å². The third kappa shape index (κ3) is 11.0. The average Bonchev–Trinajstić information content (AvgIpc) is 3.10. The minimum absolute atomic E-state index is 0.135. The molecule has 1 saturated heterocycles. The second kappa shape index (κ2) is 13.1. The molecule has 0 radical (unpaired) electrons. The van der Waals surface area contributed by atoms with Gasteiger partial charge in [-0.3, -0.25) is 14.3 Å². The van der Waals surface area contributed by atoms with Crippen LogP contribution in [0, 0.1) is 0 Å². The highest BCUT2D eigenvalue weighted by atomic mass is 32.2. The standard InChI is InChI=1S/C16H24N4O3S.C2HF3O2/c1-3-23-16(22)5-4-8-20-11-14(18-19-20)9-13-10-17-7-6-15(13)24-12(2)21;3-2(4,5)1(6)7/h9,11,15,17H,3-8,10H2,1-2H3;(H,6,7). The predicted molar refractivity (Wildman–Crippen MR) is 107 cm³/mol. The molecule has 174 valence electrons. The zero-order valence-electron chi connectivity index (χ0n) is 17.1. The van der Waals surface area contributed by atoms with Crippen LogP contribution in [0.3, 0.4) is 0 Å². The number of piperidine rings is 1. The van der Waals surface area contributed by atoms with Crippen molar-refractivity contribution < 1.29 is 37.4 Å². The fourth-order valence-corrected chi connectivity index (χ4v) is 3.48. The van der Waals surface area contributed by atoms with Crippen molar-refractivity contribution in [1.82, 2.24) is 20.3 Å². The number of carboxylic acids is 1. The summed E-state index contributed by atoms with van der Waals surface area (Å²) < 4.78 is 38.4. The van der Waals surface area contributed by atoms with Gasteiger partial charge >= 0.3 is 18.1 Å². The van der Waals surface area contributed by atoms with Crippen LogP contribution < -0.4 is 5.32 Å². The Morgan fingerprint density at radius 3 is 2.68 bits per heavy atom. The monoisotopic (exact) mass is 466 g/mol. The van der Waals surface area contributed by atoms with E-state index in [4.69, 9.17) is 14.6 Å². The van der Waals surface area contributed by atoms with Gasteiger partial charge in [-0.1, -0.05) is 17.0 Å². The Morgan fingerprint density at radius 1 is 1.42 bits per heavy atom. The van der Waals surface area contributed by atoms with Gasteiger partial charge in [0.05, 0.1) is 12.8 Å². The number of thioether (sulfide) groups is 1. The van der Waals surface area contributed by atoms with Crippen molar-refractivity contribution in [2.45, 2.75) is 51.1 Å². The molecule has 9 nitrogen and oxygen atoms in total. The molecule has 0 bridgehead atoms. The Balaban J connectivity index is 0.000000592. The summed E-state index contributed by atoms with van der Waals surface area (Å²) in [6.07, 6.45) is 0.765. The molecule has 1 aromatic heterocycles. The maximum atomic E-state index is 11.4. The number of hydrogen-bond donors (Lipinski definition) is 2. The topological polar surface area (TPSA) is 123 Å². The first kappa shape index (κ1) is 26.6. The van der Waals surface area contributed by atoms with Crippen molar-refractivity contribution in [2.24, 2.45) is 0 Å². The Labute approximate surface area is 181 Å². The molecular weight excluding hydrogens is 441 g/mol. The molecular formula is C18H25F3N4O5S. The SMILES string of the molecule is CCOC(=O)CCCn1cc(C=C2CNCCC2SC(C)=O)nn1.O=C(O)C(F)(F)F. The number of aromatic nitrogens is 3. The predicted octanol–water partition coefficient (Wildman–Crippen LogP) is 2.28. The van der Waals surface area contributed by atoms with Gasteiger partial charge in [-0.15, -0.1) is 5.10 Å². The molecule has 1 unspecified atom stereocenters. The van der Waals surface area contributed by atoms with E-state index >= 15 is 0 Å². The lowest BCUT2D eigenvalue weighted by atomic mass is 10.1. The highest BCUT2D eigenvalue weighted by molar-refractivity contribution is 8.14. The molecule has 13 heteroatoms. The Kier molecular flexibility index (Phi) is 11.3. The summed E-state index contributed by atoms with van der Waals surface area (Å²) in [7, 11) is 0. The first-order valence-corrected chi connectivity index (χ1v) is 10.3. The van der Waals surface area contributed by atoms with Crippen LogP contribution in [0.1, 0.15) is 38.8 Å². The highest BCUT2D eigenvalue weighted by Crippen LogP contribution is 2.26. The molecule has 1 aliphatic rings. The van der Waals surface area contributed by atoms with Gasteiger partial charge in [0.25, 0.3) is 0 Å². The van der Waals surface area contributed by atoms with Crippen LogP contribution in [-0.2, 0) is 25.7 Å². The number of esters is 1. The molecule has 1 fully saturated rings. The maximum absolute atomic E-state index is 11.4. The van der Waals surface area contributed by atoms with Crippen LogP contribution in [0.4, 0.5) is 13.2 Å². The van der Waals surface area contributed by atoms with Gasteiger partial charge in [0.1, 0.15) is 5.69 Å². The number of nitrogens with zero attached hydrogens (tertiary/aromatic N) is 3. The second-order valence-electron chi connectivity index (χ2n) is 6.40. The number of carbonyl (C=O) groups is 3. The summed E-state index contributed by atoms with van der Waals surface area (Å²) >= 11 is 1.38. The fourth-order valence-electron chi connectivity index (χ4n) is 2.54. The van der Waals surface area contributed by atoms with Crippen LogP contribution in [0.2, 0.25) is 0 Å². The van der Waals surface area contributed by atoms with Crippen LogP contribution >= 0.6 is 11.8 Å². The number of halogens is 3. The molecule has 2 rings (SSSR count). The van der Waals surface area contributed by atoms with E-state index in [0.29, 0.717) is 26.0 Å². The van der Waals surface area contributed by atoms with Crippen LogP contribution in [0.25, 0.3) is 6.08 Å². The molecule has 2 heterocycles. The summed E-state index contributed by atoms with van der Waals surface area (Å²) in [6, 6.07) is 0. The minimum Gasteiger partial charge on any atom is -0.475 e. The molecule has 0 aromatic carbocycles. The lowest BCUT2D eigenvalue weighted by Crippen LogP contribution is -2.32. The number of aliphatic carboxylic acids is 1. The smallest absolute Gasteiger partial charge is 0.475 e. The van der Waals surface area contributed by atoms with E-state index in [1.165, 1.54) is 17.3 Å². The minimum atomic E-state index is -5.08. The van der Waals surface area contributed by atoms with E-state index in [1.807, 2.05) is 12.3 Å². The number of alkyl halides is 3. The van der Waals surface area contributed by atoms with Crippen LogP contribution in [-0.4, -0.2) is 68.3 Å². The van der Waals surface area contributed by atoms with Gasteiger partial charge in [-0.05, 0) is 38.0 Å². The molecule has 2 N–H and O–H groups in total. The Bertz CT molecular complexity index is 782. The van der Waals surface area contributed by atoms with Gasteiger partial charge in [0.2, 0.25) is 0 Å². The van der Waals surface area contributed by atoms with E-state index in [1.54, 1.807) is 18.5 Å². The number of carboxylic acid groups (broad SMARTS) is 1. The summed E-state index contributed by atoms with van der Waals surface area (Å²) in [4.78, 5) is 31.6. The first-order valence-electron chi connectivity index (χ1n) is 9.47. The molecule has 1 atom stereocenters. The van der Waals surface area contributed by atoms with E-state index in [0.717, 1.165) is 25.2 Å². The van der Waals surface area contributed by atoms with Crippen molar-refractivity contribution in [3.05, 3.63) is 17.5 Å². The number of aryl methyl sites for hydroxylation is 1. The largest absolute Gasteiger partial charge is 0.490 e. The van der Waals surface area contributed by atoms with Crippen molar-refractivity contribution in [1.29, 1.82) is 0 Å². The quantitative estimate of drug-likeness (QED) is 0.583. The third-order valence-electron chi connectivity index (χ3n) is 3.84. The zero-order chi connectivity index (χ0) is 23.4. The number of carbonyl (C=O) groups excluding carboxylic acids is 2. The van der Waals surface area contributed by atoms with Gasteiger partial charge in [0.15, 0.2) is 5.12 Å². The lowest BCUT2D eigenvalue weighted by Gasteiger charge is -2.24. The molecule has 0 aliphatic carbocycles. The Hall–Kier alpha value is -2.41. The van der Waals surface area contributed by atoms with Crippen molar-refractivity contribution in [3.63, 3.8) is 0 Å². The first-order chi connectivity index (χ1) is 14.5. The summed E-state index contributed by atoms with van der Waals surface area (Å²) in [5.74, 6) is -2.94. The maximum Gasteiger partial charge on any atom is 0.490 e. The van der Waals surface area contributed by atoms with Gasteiger partial charge < -0.3 is 15.2 Å². The molecule has 1 aliphatic heterocycles. The number of ether oxygens (including phenoxy) is 1. The number of nitrogens with one attached hydrogen (secondary N) is 1. The molecule has 0 spiro atoms. The fraction of sp³-hybridized carbons (Fsp3) is 0.611. The second-order valence-corrected chi connectivity index (χ2v) is 7.78. The summed E-state index contributed by atoms with van der Waals surface area (Å²) in [5.41, 5.74) is 1.94.